The SMILES string of the molecule is C/C=C(\c1ccc(C(=O)N2CCC(N(C)C)CC2)cc1C)S(C)=O. The van der Waals surface area contributed by atoms with E-state index < -0.39 is 10.8 Å². The second kappa shape index (κ2) is 8.08. The van der Waals surface area contributed by atoms with Crippen molar-refractivity contribution in [3.8, 4) is 0 Å². The monoisotopic (exact) mass is 348 g/mol. The first-order valence-electron chi connectivity index (χ1n) is 8.41. The topological polar surface area (TPSA) is 40.6 Å². The Balaban J connectivity index is 2.15. The number of hydrogen-bond donors (Lipinski definition) is 0. The Morgan fingerprint density at radius 1 is 1.29 bits per heavy atom. The van der Waals surface area contributed by atoms with Gasteiger partial charge in [-0.1, -0.05) is 12.1 Å². The van der Waals surface area contributed by atoms with Crippen molar-refractivity contribution in [2.75, 3.05) is 33.4 Å². The summed E-state index contributed by atoms with van der Waals surface area (Å²) in [6.07, 6.45) is 5.61. The molecular formula is C19H28N2O2S. The zero-order valence-electron chi connectivity index (χ0n) is 15.3. The molecule has 4 nitrogen and oxygen atoms in total. The number of rotatable bonds is 4. The molecule has 0 N–H and O–H groups in total. The van der Waals surface area contributed by atoms with Gasteiger partial charge in [-0.2, -0.15) is 0 Å². The van der Waals surface area contributed by atoms with Crippen LogP contribution in [0.2, 0.25) is 0 Å². The minimum atomic E-state index is -1.03. The molecule has 0 bridgehead atoms. The minimum Gasteiger partial charge on any atom is -0.339 e. The molecule has 0 aliphatic carbocycles. The van der Waals surface area contributed by atoms with E-state index in [-0.39, 0.29) is 5.91 Å². The van der Waals surface area contributed by atoms with Gasteiger partial charge in [0.25, 0.3) is 5.91 Å². The molecule has 132 valence electrons. The molecule has 1 aliphatic heterocycles. The molecule has 0 spiro atoms. The number of carbonyl (C=O) groups is 1. The fourth-order valence-corrected chi connectivity index (χ4v) is 4.19. The van der Waals surface area contributed by atoms with E-state index in [0.717, 1.165) is 47.5 Å². The smallest absolute Gasteiger partial charge is 0.253 e. The molecule has 0 saturated carbocycles. The summed E-state index contributed by atoms with van der Waals surface area (Å²) in [5.74, 6) is 0.0986. The van der Waals surface area contributed by atoms with Crippen molar-refractivity contribution in [1.29, 1.82) is 0 Å². The van der Waals surface area contributed by atoms with Crippen molar-refractivity contribution < 1.29 is 9.00 Å². The Bertz CT molecular complexity index is 659. The summed E-state index contributed by atoms with van der Waals surface area (Å²) in [5.41, 5.74) is 2.67. The maximum Gasteiger partial charge on any atom is 0.253 e. The standard InChI is InChI=1S/C19H28N2O2S/c1-6-18(24(5)23)17-8-7-15(13-14(17)2)19(22)21-11-9-16(10-12-21)20(3)4/h6-8,13,16H,9-12H2,1-5H3/b18-6+. The van der Waals surface area contributed by atoms with Crippen LogP contribution in [-0.4, -0.2) is 59.4 Å². The number of benzene rings is 1. The fraction of sp³-hybridized carbons (Fsp3) is 0.526. The van der Waals surface area contributed by atoms with Crippen LogP contribution in [-0.2, 0) is 10.8 Å². The quantitative estimate of drug-likeness (QED) is 0.840. The summed E-state index contributed by atoms with van der Waals surface area (Å²) in [5, 5.41) is 0. The number of carbonyl (C=O) groups excluding carboxylic acids is 1. The van der Waals surface area contributed by atoms with Crippen LogP contribution in [0.15, 0.2) is 24.3 Å². The van der Waals surface area contributed by atoms with Crippen LogP contribution in [0.3, 0.4) is 0 Å². The van der Waals surface area contributed by atoms with Gasteiger partial charge in [0.15, 0.2) is 0 Å². The third kappa shape index (κ3) is 4.14. The maximum atomic E-state index is 12.8. The number of likely N-dealkylation sites (tertiary alicyclic amines) is 1. The summed E-state index contributed by atoms with van der Waals surface area (Å²) in [6, 6.07) is 6.27. The predicted molar refractivity (Wildman–Crippen MR) is 102 cm³/mol. The first-order chi connectivity index (χ1) is 11.3. The molecule has 1 aromatic rings. The van der Waals surface area contributed by atoms with E-state index in [1.54, 1.807) is 6.26 Å². The van der Waals surface area contributed by atoms with E-state index in [1.807, 2.05) is 43.0 Å². The van der Waals surface area contributed by atoms with Crippen molar-refractivity contribution in [1.82, 2.24) is 9.80 Å². The highest BCUT2D eigenvalue weighted by molar-refractivity contribution is 7.93. The largest absolute Gasteiger partial charge is 0.339 e. The molecule has 2 rings (SSSR count). The van der Waals surface area contributed by atoms with Crippen LogP contribution in [0.5, 0.6) is 0 Å². The normalized spacial score (nSPS) is 18.1. The van der Waals surface area contributed by atoms with Crippen LogP contribution >= 0.6 is 0 Å². The minimum absolute atomic E-state index is 0.0986. The Morgan fingerprint density at radius 2 is 1.92 bits per heavy atom. The van der Waals surface area contributed by atoms with Crippen molar-refractivity contribution in [3.05, 3.63) is 41.0 Å². The number of allylic oxidation sites excluding steroid dienone is 1. The number of hydrogen-bond acceptors (Lipinski definition) is 3. The van der Waals surface area contributed by atoms with Gasteiger partial charge in [-0.05, 0) is 64.0 Å². The van der Waals surface area contributed by atoms with Gasteiger partial charge in [-0.25, -0.2) is 0 Å². The molecule has 1 aliphatic rings. The average molecular weight is 349 g/mol. The first kappa shape index (κ1) is 18.9. The Morgan fingerprint density at radius 3 is 2.38 bits per heavy atom. The zero-order chi connectivity index (χ0) is 17.9. The third-order valence-corrected chi connectivity index (χ3v) is 5.87. The van der Waals surface area contributed by atoms with Gasteiger partial charge in [0.2, 0.25) is 0 Å². The molecule has 1 heterocycles. The predicted octanol–water partition coefficient (Wildman–Crippen LogP) is 2.90. The lowest BCUT2D eigenvalue weighted by atomic mass is 10.0. The molecule has 0 radical (unpaired) electrons. The Kier molecular flexibility index (Phi) is 6.35. The number of piperidine rings is 1. The average Bonchev–Trinajstić information content (AvgIpc) is 2.56. The molecule has 1 fully saturated rings. The molecule has 1 atom stereocenters. The lowest BCUT2D eigenvalue weighted by Crippen LogP contribution is -2.44. The number of aryl methyl sites for hydroxylation is 1. The summed E-state index contributed by atoms with van der Waals surface area (Å²) in [6.45, 7) is 5.48. The summed E-state index contributed by atoms with van der Waals surface area (Å²) >= 11 is 0. The first-order valence-corrected chi connectivity index (χ1v) is 9.97. The van der Waals surface area contributed by atoms with Crippen LogP contribution < -0.4 is 0 Å². The maximum absolute atomic E-state index is 12.8. The number of nitrogens with zero attached hydrogens (tertiary/aromatic N) is 2. The Labute approximate surface area is 148 Å². The molecule has 1 unspecified atom stereocenters. The van der Waals surface area contributed by atoms with Crippen LogP contribution in [0.4, 0.5) is 0 Å². The van der Waals surface area contributed by atoms with E-state index >= 15 is 0 Å². The molecule has 0 aromatic heterocycles. The molecule has 1 amide bonds. The highest BCUT2D eigenvalue weighted by Crippen LogP contribution is 2.24. The van der Waals surface area contributed by atoms with Gasteiger partial charge in [0, 0.05) is 35.9 Å². The molecule has 5 heteroatoms. The molecule has 1 saturated heterocycles. The van der Waals surface area contributed by atoms with Gasteiger partial charge in [-0.15, -0.1) is 0 Å². The van der Waals surface area contributed by atoms with E-state index in [1.165, 1.54) is 0 Å². The lowest BCUT2D eigenvalue weighted by Gasteiger charge is -2.35. The fourth-order valence-electron chi connectivity index (χ4n) is 3.32. The number of amides is 1. The van der Waals surface area contributed by atoms with Gasteiger partial charge in [0.05, 0.1) is 10.8 Å². The molecule has 1 aromatic carbocycles. The second-order valence-corrected chi connectivity index (χ2v) is 7.97. The van der Waals surface area contributed by atoms with Gasteiger partial charge < -0.3 is 9.80 Å². The molecular weight excluding hydrogens is 320 g/mol. The van der Waals surface area contributed by atoms with Crippen LogP contribution in [0.1, 0.15) is 41.3 Å². The van der Waals surface area contributed by atoms with Gasteiger partial charge >= 0.3 is 0 Å². The third-order valence-electron chi connectivity index (χ3n) is 4.79. The summed E-state index contributed by atoms with van der Waals surface area (Å²) in [4.78, 5) is 17.8. The Hall–Kier alpha value is -1.46. The van der Waals surface area contributed by atoms with Crippen molar-refractivity contribution in [3.63, 3.8) is 0 Å². The van der Waals surface area contributed by atoms with E-state index in [2.05, 4.69) is 19.0 Å². The van der Waals surface area contributed by atoms with Gasteiger partial charge in [-0.3, -0.25) is 9.00 Å². The van der Waals surface area contributed by atoms with Crippen molar-refractivity contribution >= 4 is 21.6 Å². The van der Waals surface area contributed by atoms with Crippen LogP contribution in [0.25, 0.3) is 4.91 Å². The van der Waals surface area contributed by atoms with Gasteiger partial charge in [0.1, 0.15) is 0 Å². The summed E-state index contributed by atoms with van der Waals surface area (Å²) in [7, 11) is 3.16. The van der Waals surface area contributed by atoms with Crippen molar-refractivity contribution in [2.45, 2.75) is 32.7 Å². The molecule has 24 heavy (non-hydrogen) atoms. The van der Waals surface area contributed by atoms with E-state index in [9.17, 15) is 9.00 Å². The van der Waals surface area contributed by atoms with Crippen LogP contribution in [0, 0.1) is 6.92 Å². The zero-order valence-corrected chi connectivity index (χ0v) is 16.2. The van der Waals surface area contributed by atoms with E-state index in [0.29, 0.717) is 6.04 Å². The van der Waals surface area contributed by atoms with Crippen molar-refractivity contribution in [2.24, 2.45) is 0 Å². The second-order valence-electron chi connectivity index (χ2n) is 6.62. The van der Waals surface area contributed by atoms with E-state index in [4.69, 9.17) is 0 Å². The lowest BCUT2D eigenvalue weighted by molar-refractivity contribution is 0.0663. The summed E-state index contributed by atoms with van der Waals surface area (Å²) < 4.78 is 11.8. The highest BCUT2D eigenvalue weighted by atomic mass is 32.2. The highest BCUT2D eigenvalue weighted by Gasteiger charge is 2.25.